The normalized spacial score (nSPS) is 17.0. The molecule has 374 valence electrons. The Hall–Kier alpha value is -5.56. The summed E-state index contributed by atoms with van der Waals surface area (Å²) in [6.45, 7) is 5.06. The molecule has 23 heteroatoms. The number of hydrogen-bond acceptors (Lipinski definition) is 17. The average molecular weight is 945 g/mol. The van der Waals surface area contributed by atoms with Gasteiger partial charge in [-0.05, 0) is 77.4 Å². The molecule has 8 atom stereocenters. The maximum atomic E-state index is 13.8. The van der Waals surface area contributed by atoms with Crippen LogP contribution in [0, 0.1) is 5.92 Å². The summed E-state index contributed by atoms with van der Waals surface area (Å²) in [5, 5.41) is 27.1. The van der Waals surface area contributed by atoms with Gasteiger partial charge in [-0.25, -0.2) is 10.4 Å². The molecule has 1 aromatic carbocycles. The van der Waals surface area contributed by atoms with Gasteiger partial charge in [-0.2, -0.15) is 0 Å². The number of aliphatic carboxylic acids is 1. The average Bonchev–Trinajstić information content (AvgIpc) is 3.75. The topological polar surface area (TPSA) is 382 Å². The molecule has 1 aliphatic rings. The van der Waals surface area contributed by atoms with Crippen molar-refractivity contribution in [2.75, 3.05) is 26.7 Å². The molecule has 1 fully saturated rings. The van der Waals surface area contributed by atoms with E-state index in [1.165, 1.54) is 6.92 Å². The summed E-state index contributed by atoms with van der Waals surface area (Å²) in [4.78, 5) is 129. The van der Waals surface area contributed by atoms with Crippen molar-refractivity contribution in [1.29, 1.82) is 0 Å². The summed E-state index contributed by atoms with van der Waals surface area (Å²) in [6, 6.07) is 1.56. The van der Waals surface area contributed by atoms with Gasteiger partial charge in [0.05, 0.1) is 49.6 Å². The lowest BCUT2D eigenvalue weighted by Crippen LogP contribution is -2.57. The third-order valence-corrected chi connectivity index (χ3v) is 11.5. The van der Waals surface area contributed by atoms with Gasteiger partial charge in [0.1, 0.15) is 18.4 Å². The second-order valence-electron chi connectivity index (χ2n) is 16.9. The van der Waals surface area contributed by atoms with Crippen LogP contribution in [-0.2, 0) is 54.4 Å². The number of carbonyl (C=O) groups is 10. The zero-order chi connectivity index (χ0) is 50.2. The largest absolute Gasteiger partial charge is 0.481 e. The van der Waals surface area contributed by atoms with Crippen LogP contribution in [-0.4, -0.2) is 144 Å². The highest BCUT2D eigenvalue weighted by atomic mass is 16.4. The van der Waals surface area contributed by atoms with Crippen molar-refractivity contribution < 1.29 is 53.1 Å². The summed E-state index contributed by atoms with van der Waals surface area (Å²) in [5.41, 5.74) is 25.9. The Balaban J connectivity index is 2.13. The van der Waals surface area contributed by atoms with Crippen LogP contribution in [0.4, 0.5) is 0 Å². The monoisotopic (exact) mass is 945 g/mol. The molecule has 1 aliphatic heterocycles. The quantitative estimate of drug-likeness (QED) is 0.0182. The Labute approximate surface area is 391 Å². The first-order chi connectivity index (χ1) is 31.7. The lowest BCUT2D eigenvalue weighted by atomic mass is 9.94. The number of benzene rings is 1. The molecule has 5 amide bonds. The molecule has 1 saturated heterocycles. The fraction of sp³-hybridized carbons (Fsp3) is 0.636. The first kappa shape index (κ1) is 57.6. The number of nitrogens with zero attached hydrogens (tertiary/aromatic N) is 1. The highest BCUT2D eigenvalue weighted by Gasteiger charge is 2.37. The van der Waals surface area contributed by atoms with Crippen LogP contribution in [0.2, 0.25) is 0 Å². The minimum Gasteiger partial charge on any atom is -0.481 e. The van der Waals surface area contributed by atoms with Crippen molar-refractivity contribution >= 4 is 58.6 Å². The minimum absolute atomic E-state index is 0.113. The molecule has 0 aromatic heterocycles. The van der Waals surface area contributed by atoms with Crippen LogP contribution >= 0.6 is 0 Å². The van der Waals surface area contributed by atoms with Crippen LogP contribution in [0.1, 0.15) is 97.0 Å². The van der Waals surface area contributed by atoms with E-state index in [1.54, 1.807) is 25.9 Å². The zero-order valence-electron chi connectivity index (χ0n) is 39.0. The summed E-state index contributed by atoms with van der Waals surface area (Å²) < 4.78 is 0. The van der Waals surface area contributed by atoms with E-state index in [9.17, 15) is 53.1 Å². The van der Waals surface area contributed by atoms with E-state index >= 15 is 0 Å². The number of nitrogens with one attached hydrogen (secondary N) is 7. The number of likely N-dealkylation sites (N-methyl/N-ethyl adjacent to an activating group) is 1. The first-order valence-corrected chi connectivity index (χ1v) is 22.7. The number of ketones is 4. The Morgan fingerprint density at radius 3 is 1.97 bits per heavy atom. The molecule has 16 N–H and O–H groups in total. The summed E-state index contributed by atoms with van der Waals surface area (Å²) >= 11 is 0. The highest BCUT2D eigenvalue weighted by molar-refractivity contribution is 6.04. The molecule has 1 heterocycles. The Kier molecular flexibility index (Phi) is 25.7. The molecule has 23 nitrogen and oxygen atoms in total. The SMILES string of the molecule is CCC(C)C(=O)[C@H](CCC(=O)O)NC(=O)[C@H](CCCNC(N)N)NN1CCC[C@H]1C(=O)CC(=O)[C@H](C)NCC(=O)[C@H](CC(N)=O)NC(=O)[C@H](CCC(N)=O)NC(=O)[C@H](Cc1ccccc1)NC. The third kappa shape index (κ3) is 21.3. The predicted molar refractivity (Wildman–Crippen MR) is 246 cm³/mol. The van der Waals surface area contributed by atoms with Gasteiger partial charge in [0.2, 0.25) is 29.5 Å². The number of Topliss-reactive ketones (excluding diaryl/α,β-unsaturated/α-hetero) is 4. The van der Waals surface area contributed by atoms with E-state index in [1.807, 2.05) is 30.3 Å². The van der Waals surface area contributed by atoms with E-state index in [0.29, 0.717) is 38.8 Å². The number of primary amides is 2. The Morgan fingerprint density at radius 1 is 0.761 bits per heavy atom. The molecule has 1 aromatic rings. The van der Waals surface area contributed by atoms with Crippen LogP contribution in [0.5, 0.6) is 0 Å². The van der Waals surface area contributed by atoms with Crippen molar-refractivity contribution in [1.82, 2.24) is 42.3 Å². The number of rotatable bonds is 35. The number of carboxylic acids is 1. The van der Waals surface area contributed by atoms with Crippen LogP contribution in [0.3, 0.4) is 0 Å². The molecular formula is C44H72N12O11. The van der Waals surface area contributed by atoms with Gasteiger partial charge >= 0.3 is 5.97 Å². The van der Waals surface area contributed by atoms with E-state index in [-0.39, 0.29) is 44.3 Å². The van der Waals surface area contributed by atoms with Gasteiger partial charge in [0, 0.05) is 25.3 Å². The van der Waals surface area contributed by atoms with Gasteiger partial charge in [-0.3, -0.25) is 53.3 Å². The lowest BCUT2D eigenvalue weighted by molar-refractivity contribution is -0.138. The number of carbonyl (C=O) groups excluding carboxylic acids is 9. The van der Waals surface area contributed by atoms with Gasteiger partial charge in [-0.15, -0.1) is 0 Å². The van der Waals surface area contributed by atoms with Crippen LogP contribution in [0.25, 0.3) is 0 Å². The highest BCUT2D eigenvalue weighted by Crippen LogP contribution is 2.19. The fourth-order valence-electron chi connectivity index (χ4n) is 7.31. The molecule has 1 unspecified atom stereocenters. The van der Waals surface area contributed by atoms with Crippen molar-refractivity contribution in [2.45, 2.75) is 146 Å². The van der Waals surface area contributed by atoms with Crippen LogP contribution < -0.4 is 60.3 Å². The molecule has 2 rings (SSSR count). The van der Waals surface area contributed by atoms with Gasteiger partial charge in [0.15, 0.2) is 23.1 Å². The van der Waals surface area contributed by atoms with E-state index in [4.69, 9.17) is 22.9 Å². The standard InChI is InChI=1S/C44H72N12O11/c1-5-25(2)40(64)28(16-18-39(62)63)52-42(66)30(13-9-19-50-44(47)48)55-56-20-10-14-33(56)35(58)23-34(57)26(3)51-24-36(59)31(22-38(46)61)54-41(65)29(15-17-37(45)60)53-43(67)32(49-4)21-27-11-7-6-8-12-27/h6-8,11-12,25-26,28-33,44,49-51,55H,5,9-10,13-24,47-48H2,1-4H3,(H2,45,60)(H2,46,61)(H,52,66)(H,53,67)(H,54,65)(H,62,63)/t25?,26-,28-,29-,30-,31-,32-,33-/m0/s1. The maximum Gasteiger partial charge on any atom is 0.303 e. The number of amides is 5. The van der Waals surface area contributed by atoms with Gasteiger partial charge < -0.3 is 54.6 Å². The van der Waals surface area contributed by atoms with E-state index in [0.717, 1.165) is 5.56 Å². The maximum absolute atomic E-state index is 13.8. The molecule has 0 radical (unpaired) electrons. The minimum atomic E-state index is -1.49. The summed E-state index contributed by atoms with van der Waals surface area (Å²) in [7, 11) is 1.56. The zero-order valence-corrected chi connectivity index (χ0v) is 39.0. The molecular weight excluding hydrogens is 873 g/mol. The third-order valence-electron chi connectivity index (χ3n) is 11.5. The molecule has 0 saturated carbocycles. The van der Waals surface area contributed by atoms with Crippen molar-refractivity contribution in [3.63, 3.8) is 0 Å². The summed E-state index contributed by atoms with van der Waals surface area (Å²) in [6.07, 6.45) is -0.727. The Bertz CT molecular complexity index is 1850. The molecule has 0 spiro atoms. The van der Waals surface area contributed by atoms with Crippen molar-refractivity contribution in [2.24, 2.45) is 28.9 Å². The van der Waals surface area contributed by atoms with E-state index < -0.39 is 127 Å². The van der Waals surface area contributed by atoms with Crippen LogP contribution in [0.15, 0.2) is 30.3 Å². The van der Waals surface area contributed by atoms with Crippen molar-refractivity contribution in [3.05, 3.63) is 35.9 Å². The number of carboxylic acid groups (broad SMARTS) is 1. The number of hydrogen-bond donors (Lipinski definition) is 12. The number of hydrazine groups is 1. The van der Waals surface area contributed by atoms with E-state index in [2.05, 4.69) is 37.3 Å². The predicted octanol–water partition coefficient (Wildman–Crippen LogP) is -3.12. The Morgan fingerprint density at radius 2 is 1.37 bits per heavy atom. The molecule has 67 heavy (non-hydrogen) atoms. The summed E-state index contributed by atoms with van der Waals surface area (Å²) in [5.74, 6) is -7.39. The second kappa shape index (κ2) is 29.9. The smallest absolute Gasteiger partial charge is 0.303 e. The van der Waals surface area contributed by atoms with Crippen molar-refractivity contribution in [3.8, 4) is 0 Å². The fourth-order valence-corrected chi connectivity index (χ4v) is 7.31. The second-order valence-corrected chi connectivity index (χ2v) is 16.9. The molecule has 0 bridgehead atoms. The first-order valence-electron chi connectivity index (χ1n) is 22.7. The van der Waals surface area contributed by atoms with Gasteiger partial charge in [0.25, 0.3) is 0 Å². The lowest BCUT2D eigenvalue weighted by Gasteiger charge is -2.30. The number of nitrogens with two attached hydrogens (primary N) is 4. The van der Waals surface area contributed by atoms with Gasteiger partial charge in [-0.1, -0.05) is 44.2 Å². The molecule has 0 aliphatic carbocycles.